The van der Waals surface area contributed by atoms with Crippen LogP contribution >= 0.6 is 0 Å². The van der Waals surface area contributed by atoms with Crippen LogP contribution in [0.15, 0.2) is 30.3 Å². The molecule has 2 aromatic carbocycles. The minimum absolute atomic E-state index is 0.0669. The number of nitrogens with zero attached hydrogens (tertiary/aromatic N) is 2. The highest BCUT2D eigenvalue weighted by molar-refractivity contribution is 5.95. The predicted octanol–water partition coefficient (Wildman–Crippen LogP) is 6.32. The minimum Gasteiger partial charge on any atom is -0.444 e. The number of amides is 1. The van der Waals surface area contributed by atoms with E-state index in [-0.39, 0.29) is 35.8 Å². The van der Waals surface area contributed by atoms with E-state index in [9.17, 15) is 14.0 Å². The molecule has 0 spiro atoms. The lowest BCUT2D eigenvalue weighted by atomic mass is 9.91. The molecule has 1 amide bonds. The SMILES string of the molecule is Cc1cc(N2CCc3cc(F)ccc3C2)cc(C)c1N(COC(=O)CC(C)C)C(=O)CC(C)(C)C. The molecule has 1 aliphatic heterocycles. The van der Waals surface area contributed by atoms with Gasteiger partial charge in [0.25, 0.3) is 0 Å². The lowest BCUT2D eigenvalue weighted by Gasteiger charge is -2.33. The summed E-state index contributed by atoms with van der Waals surface area (Å²) in [5, 5.41) is 0. The van der Waals surface area contributed by atoms with Crippen LogP contribution in [0.25, 0.3) is 0 Å². The molecule has 0 saturated heterocycles. The molecule has 0 atom stereocenters. The molecule has 3 rings (SSSR count). The highest BCUT2D eigenvalue weighted by atomic mass is 19.1. The lowest BCUT2D eigenvalue weighted by molar-refractivity contribution is -0.145. The van der Waals surface area contributed by atoms with Crippen molar-refractivity contribution in [1.82, 2.24) is 0 Å². The van der Waals surface area contributed by atoms with E-state index in [2.05, 4.69) is 17.0 Å². The highest BCUT2D eigenvalue weighted by Gasteiger charge is 2.27. The standard InChI is InChI=1S/C29H39FN2O3/c1-19(2)12-27(34)35-18-32(26(33)16-29(5,6)7)28-20(3)13-25(14-21(28)4)31-11-10-22-15-24(30)9-8-23(22)17-31/h8-9,13-15,19H,10-12,16-18H2,1-7H3. The van der Waals surface area contributed by atoms with E-state index < -0.39 is 0 Å². The van der Waals surface area contributed by atoms with E-state index in [0.29, 0.717) is 19.4 Å². The molecule has 0 bridgehead atoms. The van der Waals surface area contributed by atoms with Crippen LogP contribution in [-0.2, 0) is 27.3 Å². The van der Waals surface area contributed by atoms with Crippen LogP contribution in [0.3, 0.4) is 0 Å². The van der Waals surface area contributed by atoms with Gasteiger partial charge in [-0.25, -0.2) is 4.39 Å². The molecule has 0 radical (unpaired) electrons. The van der Waals surface area contributed by atoms with Crippen molar-refractivity contribution < 1.29 is 18.7 Å². The first-order valence-corrected chi connectivity index (χ1v) is 12.4. The Bertz CT molecular complexity index is 1060. The largest absolute Gasteiger partial charge is 0.444 e. The van der Waals surface area contributed by atoms with Crippen LogP contribution in [0, 0.1) is 31.0 Å². The number of carbonyl (C=O) groups is 2. The zero-order valence-corrected chi connectivity index (χ0v) is 22.2. The summed E-state index contributed by atoms with van der Waals surface area (Å²) in [5.74, 6) is -0.371. The third-order valence-corrected chi connectivity index (χ3v) is 6.20. The number of benzene rings is 2. The fourth-order valence-electron chi connectivity index (χ4n) is 4.62. The second-order valence-electron chi connectivity index (χ2n) is 11.3. The van der Waals surface area contributed by atoms with Gasteiger partial charge in [0, 0.05) is 31.6 Å². The van der Waals surface area contributed by atoms with E-state index >= 15 is 0 Å². The van der Waals surface area contributed by atoms with Gasteiger partial charge >= 0.3 is 5.97 Å². The van der Waals surface area contributed by atoms with E-state index in [4.69, 9.17) is 4.74 Å². The summed E-state index contributed by atoms with van der Waals surface area (Å²) < 4.78 is 19.1. The topological polar surface area (TPSA) is 49.9 Å². The van der Waals surface area contributed by atoms with Gasteiger partial charge in [-0.15, -0.1) is 0 Å². The fourth-order valence-corrected chi connectivity index (χ4v) is 4.62. The van der Waals surface area contributed by atoms with Gasteiger partial charge in [0.15, 0.2) is 6.73 Å². The van der Waals surface area contributed by atoms with Gasteiger partial charge in [-0.2, -0.15) is 0 Å². The Balaban J connectivity index is 1.88. The summed E-state index contributed by atoms with van der Waals surface area (Å²) in [6.07, 6.45) is 1.45. The molecule has 1 heterocycles. The zero-order chi connectivity index (χ0) is 25.9. The van der Waals surface area contributed by atoms with Crippen LogP contribution in [0.1, 0.15) is 69.7 Å². The number of rotatable bonds is 7. The quantitative estimate of drug-likeness (QED) is 0.342. The summed E-state index contributed by atoms with van der Waals surface area (Å²) in [5.41, 5.74) is 5.77. The van der Waals surface area contributed by atoms with Crippen LogP contribution < -0.4 is 9.80 Å². The molecule has 0 fully saturated rings. The second kappa shape index (κ2) is 10.8. The number of fused-ring (bicyclic) bond motifs is 1. The maximum Gasteiger partial charge on any atom is 0.307 e. The molecule has 1 aliphatic rings. The Labute approximate surface area is 209 Å². The summed E-state index contributed by atoms with van der Waals surface area (Å²) >= 11 is 0. The molecule has 0 aliphatic carbocycles. The van der Waals surface area contributed by atoms with Gasteiger partial charge in [-0.3, -0.25) is 14.5 Å². The molecular weight excluding hydrogens is 443 g/mol. The Morgan fingerprint density at radius 1 is 1.09 bits per heavy atom. The van der Waals surface area contributed by atoms with Crippen molar-refractivity contribution in [2.45, 2.75) is 74.3 Å². The number of esters is 1. The van der Waals surface area contributed by atoms with E-state index in [0.717, 1.165) is 46.6 Å². The lowest BCUT2D eigenvalue weighted by Crippen LogP contribution is -2.37. The molecule has 0 unspecified atom stereocenters. The van der Waals surface area contributed by atoms with Crippen molar-refractivity contribution >= 4 is 23.3 Å². The van der Waals surface area contributed by atoms with Crippen LogP contribution in [0.2, 0.25) is 0 Å². The summed E-state index contributed by atoms with van der Waals surface area (Å²) in [4.78, 5) is 29.5. The maximum atomic E-state index is 13.6. The van der Waals surface area contributed by atoms with E-state index in [1.807, 2.05) is 54.5 Å². The van der Waals surface area contributed by atoms with E-state index in [1.54, 1.807) is 11.0 Å². The number of hydrogen-bond donors (Lipinski definition) is 0. The van der Waals surface area contributed by atoms with Gasteiger partial charge < -0.3 is 9.64 Å². The van der Waals surface area contributed by atoms with Gasteiger partial charge in [-0.05, 0) is 78.1 Å². The second-order valence-corrected chi connectivity index (χ2v) is 11.3. The smallest absolute Gasteiger partial charge is 0.307 e. The minimum atomic E-state index is -0.302. The third kappa shape index (κ3) is 7.06. The van der Waals surface area contributed by atoms with Crippen LogP contribution in [-0.4, -0.2) is 25.2 Å². The van der Waals surface area contributed by atoms with Crippen molar-refractivity contribution in [3.63, 3.8) is 0 Å². The van der Waals surface area contributed by atoms with Crippen molar-refractivity contribution in [3.8, 4) is 0 Å². The first-order valence-electron chi connectivity index (χ1n) is 12.4. The molecule has 2 aromatic rings. The number of halogens is 1. The normalized spacial score (nSPS) is 13.6. The number of anilines is 2. The molecule has 0 N–H and O–H groups in total. The Kier molecular flexibility index (Phi) is 8.24. The molecular formula is C29H39FN2O3. The molecule has 35 heavy (non-hydrogen) atoms. The van der Waals surface area contributed by atoms with Crippen LogP contribution in [0.4, 0.5) is 15.8 Å². The number of aryl methyl sites for hydroxylation is 2. The fraction of sp³-hybridized carbons (Fsp3) is 0.517. The van der Waals surface area contributed by atoms with Gasteiger partial charge in [0.2, 0.25) is 5.91 Å². The van der Waals surface area contributed by atoms with Gasteiger partial charge in [0.05, 0.1) is 5.69 Å². The Hall–Kier alpha value is -2.89. The first kappa shape index (κ1) is 26.7. The summed E-state index contributed by atoms with van der Waals surface area (Å²) in [6.45, 7) is 15.4. The van der Waals surface area contributed by atoms with Crippen LogP contribution in [0.5, 0.6) is 0 Å². The average Bonchev–Trinajstić information content (AvgIpc) is 2.73. The average molecular weight is 483 g/mol. The van der Waals surface area contributed by atoms with Crippen molar-refractivity contribution in [2.75, 3.05) is 23.1 Å². The van der Waals surface area contributed by atoms with Crippen molar-refractivity contribution in [2.24, 2.45) is 11.3 Å². The monoisotopic (exact) mass is 482 g/mol. The summed E-state index contributed by atoms with van der Waals surface area (Å²) in [7, 11) is 0. The number of hydrogen-bond acceptors (Lipinski definition) is 4. The van der Waals surface area contributed by atoms with Gasteiger partial charge in [-0.1, -0.05) is 40.7 Å². The maximum absolute atomic E-state index is 13.6. The Morgan fingerprint density at radius 2 is 1.74 bits per heavy atom. The number of ether oxygens (including phenoxy) is 1. The third-order valence-electron chi connectivity index (χ3n) is 6.20. The van der Waals surface area contributed by atoms with Crippen molar-refractivity contribution in [1.29, 1.82) is 0 Å². The number of carbonyl (C=O) groups excluding carboxylic acids is 2. The first-order chi connectivity index (χ1) is 16.3. The highest BCUT2D eigenvalue weighted by Crippen LogP contribution is 2.34. The molecule has 0 saturated carbocycles. The van der Waals surface area contributed by atoms with Crippen molar-refractivity contribution in [3.05, 3.63) is 58.4 Å². The molecule has 190 valence electrons. The molecule has 5 nitrogen and oxygen atoms in total. The van der Waals surface area contributed by atoms with Gasteiger partial charge in [0.1, 0.15) is 5.82 Å². The predicted molar refractivity (Wildman–Crippen MR) is 139 cm³/mol. The summed E-state index contributed by atoms with van der Waals surface area (Å²) in [6, 6.07) is 9.18. The Morgan fingerprint density at radius 3 is 2.34 bits per heavy atom. The van der Waals surface area contributed by atoms with E-state index in [1.165, 1.54) is 6.07 Å². The molecule has 0 aromatic heterocycles. The molecule has 6 heteroatoms. The zero-order valence-electron chi connectivity index (χ0n) is 22.2.